The number of ether oxygens (including phenoxy) is 1. The van der Waals surface area contributed by atoms with Crippen molar-refractivity contribution in [2.75, 3.05) is 13.2 Å². The molecule has 41 heavy (non-hydrogen) atoms. The van der Waals surface area contributed by atoms with E-state index in [0.29, 0.717) is 36.9 Å². The van der Waals surface area contributed by atoms with Crippen LogP contribution in [0, 0.1) is 34.5 Å². The zero-order valence-corrected chi connectivity index (χ0v) is 25.4. The summed E-state index contributed by atoms with van der Waals surface area (Å²) in [7, 11) is 0. The van der Waals surface area contributed by atoms with Crippen molar-refractivity contribution in [3.05, 3.63) is 71.8 Å². The number of hydrogen-bond donors (Lipinski definition) is 2. The molecule has 2 aromatic carbocycles. The standard InChI is InChI=1S/C18H24O2.C13H18O.C5H8O2/c1-13(14-7-4-3-5-8-14)16-11-18(16,2)12-20-17(19)15-9-6-10-15;1-10(11-6-4-3-5-7-11)12-8-13(12,2)9-14;6-5(7)4-2-1-3-4/h3-5,7-8,13,15-16H,6,9-12H2,1-2H3;3-7,10,12,14H,8-9H2,1-2H3;4H,1-3H2,(H,6,7)/t13-,16+,18+;10-,12+,13+;/m11./s1. The number of aliphatic hydroxyl groups excluding tert-OH is 1. The van der Waals surface area contributed by atoms with Gasteiger partial charge in [-0.25, -0.2) is 0 Å². The predicted molar refractivity (Wildman–Crippen MR) is 163 cm³/mol. The molecule has 4 saturated carbocycles. The molecule has 224 valence electrons. The number of aliphatic hydroxyl groups is 1. The first-order valence-electron chi connectivity index (χ1n) is 15.7. The third-order valence-corrected chi connectivity index (χ3v) is 10.5. The van der Waals surface area contributed by atoms with Gasteiger partial charge in [0.05, 0.1) is 18.4 Å². The maximum Gasteiger partial charge on any atom is 0.308 e. The van der Waals surface area contributed by atoms with E-state index in [0.717, 1.165) is 32.1 Å². The Kier molecular flexibility index (Phi) is 10.3. The van der Waals surface area contributed by atoms with E-state index < -0.39 is 5.97 Å². The summed E-state index contributed by atoms with van der Waals surface area (Å²) < 4.78 is 5.55. The van der Waals surface area contributed by atoms with E-state index in [2.05, 4.69) is 82.3 Å². The second kappa shape index (κ2) is 13.5. The lowest BCUT2D eigenvalue weighted by atomic mass is 9.85. The van der Waals surface area contributed by atoms with Crippen LogP contribution in [0.1, 0.15) is 102 Å². The van der Waals surface area contributed by atoms with Crippen molar-refractivity contribution in [3.63, 3.8) is 0 Å². The number of carboxylic acids is 1. The minimum atomic E-state index is -0.619. The molecule has 5 heteroatoms. The number of carbonyl (C=O) groups excluding carboxylic acids is 1. The van der Waals surface area contributed by atoms with E-state index in [9.17, 15) is 14.7 Å². The Morgan fingerprint density at radius 1 is 0.780 bits per heavy atom. The lowest BCUT2D eigenvalue weighted by molar-refractivity contribution is -0.153. The summed E-state index contributed by atoms with van der Waals surface area (Å²) in [5, 5.41) is 17.5. The van der Waals surface area contributed by atoms with E-state index in [1.54, 1.807) is 0 Å². The molecule has 0 bridgehead atoms. The quantitative estimate of drug-likeness (QED) is 0.304. The molecule has 6 atom stereocenters. The fraction of sp³-hybridized carbons (Fsp3) is 0.611. The summed E-state index contributed by atoms with van der Waals surface area (Å²) >= 11 is 0. The first kappa shape index (κ1) is 31.3. The van der Waals surface area contributed by atoms with Gasteiger partial charge in [0, 0.05) is 12.0 Å². The second-order valence-electron chi connectivity index (χ2n) is 13.7. The van der Waals surface area contributed by atoms with Gasteiger partial charge in [-0.2, -0.15) is 0 Å². The van der Waals surface area contributed by atoms with Crippen molar-refractivity contribution >= 4 is 11.9 Å². The van der Waals surface area contributed by atoms with Crippen LogP contribution in [0.15, 0.2) is 60.7 Å². The lowest BCUT2D eigenvalue weighted by Gasteiger charge is -2.24. The van der Waals surface area contributed by atoms with Crippen LogP contribution < -0.4 is 0 Å². The normalized spacial score (nSPS) is 29.6. The zero-order valence-electron chi connectivity index (χ0n) is 25.4. The average molecular weight is 563 g/mol. The summed E-state index contributed by atoms with van der Waals surface area (Å²) in [5.41, 5.74) is 3.17. The van der Waals surface area contributed by atoms with Crippen LogP contribution in [0.3, 0.4) is 0 Å². The smallest absolute Gasteiger partial charge is 0.308 e. The minimum Gasteiger partial charge on any atom is -0.481 e. The molecule has 2 N–H and O–H groups in total. The molecular weight excluding hydrogens is 512 g/mol. The number of carbonyl (C=O) groups is 2. The number of benzene rings is 2. The molecular formula is C36H50O5. The van der Waals surface area contributed by atoms with Gasteiger partial charge in [0.25, 0.3) is 0 Å². The van der Waals surface area contributed by atoms with Crippen LogP contribution in [0.2, 0.25) is 0 Å². The van der Waals surface area contributed by atoms with Gasteiger partial charge in [-0.15, -0.1) is 0 Å². The summed E-state index contributed by atoms with van der Waals surface area (Å²) in [6.45, 7) is 9.92. The van der Waals surface area contributed by atoms with Crippen LogP contribution in [0.4, 0.5) is 0 Å². The fourth-order valence-electron chi connectivity index (χ4n) is 6.43. The molecule has 0 aliphatic heterocycles. The molecule has 4 aliphatic carbocycles. The van der Waals surface area contributed by atoms with E-state index in [-0.39, 0.29) is 28.6 Å². The molecule has 0 radical (unpaired) electrons. The SMILES string of the molecule is C[C@H](c1ccccc1)[C@@H]1C[C@@]1(C)CO.C[C@H](c1ccccc1)[C@@H]1C[C@@]1(C)COC(=O)C1CCC1.O=C(O)C1CCC1. The summed E-state index contributed by atoms with van der Waals surface area (Å²) in [4.78, 5) is 21.8. The monoisotopic (exact) mass is 562 g/mol. The van der Waals surface area contributed by atoms with Gasteiger partial charge in [-0.05, 0) is 78.7 Å². The molecule has 0 saturated heterocycles. The Labute approximate surface area is 246 Å². The highest BCUT2D eigenvalue weighted by molar-refractivity contribution is 5.73. The van der Waals surface area contributed by atoms with E-state index >= 15 is 0 Å². The maximum absolute atomic E-state index is 11.8. The van der Waals surface area contributed by atoms with Crippen molar-refractivity contribution in [1.82, 2.24) is 0 Å². The number of aliphatic carboxylic acids is 1. The Balaban J connectivity index is 0.000000159. The fourth-order valence-corrected chi connectivity index (χ4v) is 6.43. The molecule has 0 unspecified atom stereocenters. The minimum absolute atomic E-state index is 0.000000000000000444. The molecule has 4 aliphatic rings. The highest BCUT2D eigenvalue weighted by Gasteiger charge is 2.54. The molecule has 0 spiro atoms. The molecule has 6 rings (SSSR count). The molecule has 0 heterocycles. The molecule has 0 aromatic heterocycles. The van der Waals surface area contributed by atoms with Crippen molar-refractivity contribution in [2.45, 2.75) is 90.9 Å². The van der Waals surface area contributed by atoms with Crippen molar-refractivity contribution in [2.24, 2.45) is 34.5 Å². The predicted octanol–water partition coefficient (Wildman–Crippen LogP) is 7.84. The van der Waals surface area contributed by atoms with E-state index in [4.69, 9.17) is 9.84 Å². The lowest BCUT2D eigenvalue weighted by Crippen LogP contribution is -2.26. The van der Waals surface area contributed by atoms with Crippen LogP contribution in [-0.4, -0.2) is 35.4 Å². The highest BCUT2D eigenvalue weighted by atomic mass is 16.5. The molecule has 0 amide bonds. The van der Waals surface area contributed by atoms with E-state index in [1.807, 2.05) is 6.07 Å². The Bertz CT molecular complexity index is 1130. The van der Waals surface area contributed by atoms with Crippen molar-refractivity contribution < 1.29 is 24.5 Å². The van der Waals surface area contributed by atoms with Crippen molar-refractivity contribution in [1.29, 1.82) is 0 Å². The summed E-state index contributed by atoms with van der Waals surface area (Å²) in [5.74, 6) is 2.04. The second-order valence-corrected chi connectivity index (χ2v) is 13.7. The Hall–Kier alpha value is -2.66. The Morgan fingerprint density at radius 3 is 1.56 bits per heavy atom. The maximum atomic E-state index is 11.8. The van der Waals surface area contributed by atoms with Crippen LogP contribution in [0.25, 0.3) is 0 Å². The summed E-state index contributed by atoms with van der Waals surface area (Å²) in [6.07, 6.45) is 8.48. The van der Waals surface area contributed by atoms with Gasteiger partial charge >= 0.3 is 11.9 Å². The third-order valence-electron chi connectivity index (χ3n) is 10.5. The highest BCUT2D eigenvalue weighted by Crippen LogP contribution is 2.59. The topological polar surface area (TPSA) is 83.8 Å². The van der Waals surface area contributed by atoms with Crippen molar-refractivity contribution in [3.8, 4) is 0 Å². The molecule has 5 nitrogen and oxygen atoms in total. The summed E-state index contributed by atoms with van der Waals surface area (Å²) in [6, 6.07) is 21.2. The number of carboxylic acid groups (broad SMARTS) is 1. The molecule has 4 fully saturated rings. The third kappa shape index (κ3) is 8.00. The number of esters is 1. The zero-order chi connectivity index (χ0) is 29.6. The average Bonchev–Trinajstić information content (AvgIpc) is 3.80. The van der Waals surface area contributed by atoms with E-state index in [1.165, 1.54) is 30.4 Å². The molecule has 2 aromatic rings. The van der Waals surface area contributed by atoms with Gasteiger partial charge < -0.3 is 14.9 Å². The van der Waals surface area contributed by atoms with Gasteiger partial charge in [0.15, 0.2) is 0 Å². The Morgan fingerprint density at radius 2 is 1.22 bits per heavy atom. The van der Waals surface area contributed by atoms with Crippen LogP contribution in [-0.2, 0) is 14.3 Å². The number of rotatable bonds is 9. The van der Waals surface area contributed by atoms with Gasteiger partial charge in [-0.3, -0.25) is 9.59 Å². The number of hydrogen-bond acceptors (Lipinski definition) is 4. The van der Waals surface area contributed by atoms with Crippen LogP contribution in [0.5, 0.6) is 0 Å². The van der Waals surface area contributed by atoms with Gasteiger partial charge in [-0.1, -0.05) is 101 Å². The first-order chi connectivity index (χ1) is 19.6. The first-order valence-corrected chi connectivity index (χ1v) is 15.7. The van der Waals surface area contributed by atoms with Crippen LogP contribution >= 0.6 is 0 Å². The van der Waals surface area contributed by atoms with Gasteiger partial charge in [0.1, 0.15) is 0 Å². The van der Waals surface area contributed by atoms with Gasteiger partial charge in [0.2, 0.25) is 0 Å². The largest absolute Gasteiger partial charge is 0.481 e.